The summed E-state index contributed by atoms with van der Waals surface area (Å²) in [5.74, 6) is 0.683. The molecule has 0 unspecified atom stereocenters. The third-order valence-corrected chi connectivity index (χ3v) is 16.4. The van der Waals surface area contributed by atoms with E-state index >= 15 is 0 Å². The molecule has 3 nitrogen and oxygen atoms in total. The molecule has 5 heteroatoms. The van der Waals surface area contributed by atoms with E-state index in [0.29, 0.717) is 17.2 Å². The van der Waals surface area contributed by atoms with Gasteiger partial charge in [-0.1, -0.05) is 228 Å². The lowest BCUT2D eigenvalue weighted by Crippen LogP contribution is -2.39. The molecular weight excluding hydrogens is 771 g/mol. The first kappa shape index (κ1) is 34.7. The van der Waals surface area contributed by atoms with E-state index in [1.165, 1.54) is 43.8 Å². The molecule has 0 N–H and O–H groups in total. The van der Waals surface area contributed by atoms with Gasteiger partial charge in [-0.25, -0.2) is 15.0 Å². The molecule has 0 fully saturated rings. The van der Waals surface area contributed by atoms with E-state index in [-0.39, 0.29) is 28.9 Å². The van der Waals surface area contributed by atoms with Crippen LogP contribution < -0.4 is 10.4 Å². The maximum atomic E-state index is 8.84. The molecule has 302 valence electrons. The SMILES string of the molecule is [2H]c1c([2H])c([2H])c(-c2nc(-c3ccc(C(C)(C)C)cc3)nc(-c3cccc(-c4ccc5c(c4)C(c4ccc([Si](C)(C)C)cc4)(c4ccc([Si](C)(C)C)cc4)c4ccccc4-5)c3)n2)c([2H])c1[2H]. The average Bonchev–Trinajstić information content (AvgIpc) is 3.60. The van der Waals surface area contributed by atoms with Crippen LogP contribution >= 0.6 is 0 Å². The van der Waals surface area contributed by atoms with Crippen molar-refractivity contribution in [2.45, 2.75) is 70.9 Å². The third-order valence-electron chi connectivity index (χ3n) is 12.2. The van der Waals surface area contributed by atoms with E-state index in [1.807, 2.05) is 24.3 Å². The Morgan fingerprint density at radius 3 is 1.51 bits per heavy atom. The summed E-state index contributed by atoms with van der Waals surface area (Å²) in [4.78, 5) is 14.7. The average molecular weight is 831 g/mol. The van der Waals surface area contributed by atoms with Crippen LogP contribution in [0.3, 0.4) is 0 Å². The summed E-state index contributed by atoms with van der Waals surface area (Å²) in [7, 11) is -3.16. The minimum Gasteiger partial charge on any atom is -0.208 e. The van der Waals surface area contributed by atoms with E-state index in [2.05, 4.69) is 175 Å². The van der Waals surface area contributed by atoms with Gasteiger partial charge < -0.3 is 0 Å². The lowest BCUT2D eigenvalue weighted by atomic mass is 9.67. The molecule has 7 aromatic carbocycles. The van der Waals surface area contributed by atoms with Crippen molar-refractivity contribution < 1.29 is 6.85 Å². The van der Waals surface area contributed by atoms with Crippen LogP contribution in [0.4, 0.5) is 0 Å². The van der Waals surface area contributed by atoms with Crippen molar-refractivity contribution in [3.05, 3.63) is 198 Å². The van der Waals surface area contributed by atoms with Gasteiger partial charge >= 0.3 is 0 Å². The molecule has 1 aromatic heterocycles. The van der Waals surface area contributed by atoms with Crippen molar-refractivity contribution in [3.63, 3.8) is 0 Å². The summed E-state index contributed by atoms with van der Waals surface area (Å²) in [5, 5.41) is 2.84. The van der Waals surface area contributed by atoms with Crippen molar-refractivity contribution in [1.82, 2.24) is 15.0 Å². The zero-order valence-electron chi connectivity index (χ0n) is 41.6. The van der Waals surface area contributed by atoms with Crippen LogP contribution in [0.2, 0.25) is 39.3 Å². The highest BCUT2D eigenvalue weighted by Crippen LogP contribution is 2.56. The molecule has 1 aliphatic rings. The number of hydrogen-bond donors (Lipinski definition) is 0. The highest BCUT2D eigenvalue weighted by Gasteiger charge is 2.46. The van der Waals surface area contributed by atoms with Crippen molar-refractivity contribution >= 4 is 26.5 Å². The minimum atomic E-state index is -1.58. The smallest absolute Gasteiger partial charge is 0.164 e. The van der Waals surface area contributed by atoms with Gasteiger partial charge in [0.05, 0.1) is 28.4 Å². The van der Waals surface area contributed by atoms with Gasteiger partial charge in [0.15, 0.2) is 17.5 Å². The second-order valence-corrected chi connectivity index (χ2v) is 29.6. The molecule has 0 bridgehead atoms. The van der Waals surface area contributed by atoms with E-state index < -0.39 is 39.7 Å². The topological polar surface area (TPSA) is 38.7 Å². The molecule has 0 radical (unpaired) electrons. The number of nitrogens with zero attached hydrogens (tertiary/aromatic N) is 3. The maximum absolute atomic E-state index is 8.84. The summed E-state index contributed by atoms with van der Waals surface area (Å²) in [6.45, 7) is 20.8. The van der Waals surface area contributed by atoms with Crippen LogP contribution in [0.15, 0.2) is 170 Å². The van der Waals surface area contributed by atoms with E-state index in [4.69, 9.17) is 21.8 Å². The second-order valence-electron chi connectivity index (χ2n) is 19.4. The lowest BCUT2D eigenvalue weighted by molar-refractivity contribution is 0.590. The number of aromatic nitrogens is 3. The summed E-state index contributed by atoms with van der Waals surface area (Å²) >= 11 is 0. The highest BCUT2D eigenvalue weighted by molar-refractivity contribution is 6.89. The van der Waals surface area contributed by atoms with Gasteiger partial charge in [-0.15, -0.1) is 0 Å². The van der Waals surface area contributed by atoms with Crippen molar-refractivity contribution in [1.29, 1.82) is 0 Å². The summed E-state index contributed by atoms with van der Waals surface area (Å²) in [5.41, 5.74) is 11.2. The van der Waals surface area contributed by atoms with Crippen LogP contribution in [0.1, 0.15) is 55.4 Å². The molecule has 0 saturated carbocycles. The monoisotopic (exact) mass is 830 g/mol. The molecule has 1 heterocycles. The van der Waals surface area contributed by atoms with Crippen LogP contribution in [0, 0.1) is 0 Å². The lowest BCUT2D eigenvalue weighted by Gasteiger charge is -2.35. The van der Waals surface area contributed by atoms with Crippen LogP contribution in [-0.2, 0) is 10.8 Å². The quantitative estimate of drug-likeness (QED) is 0.143. The Kier molecular flexibility index (Phi) is 8.62. The Hall–Kier alpha value is -6.02. The largest absolute Gasteiger partial charge is 0.208 e. The fourth-order valence-corrected chi connectivity index (χ4v) is 11.1. The third kappa shape index (κ3) is 7.44. The number of hydrogen-bond acceptors (Lipinski definition) is 3. The Labute approximate surface area is 371 Å². The van der Waals surface area contributed by atoms with Gasteiger partial charge in [-0.2, -0.15) is 0 Å². The minimum absolute atomic E-state index is 0.0117. The van der Waals surface area contributed by atoms with Crippen LogP contribution in [0.5, 0.6) is 0 Å². The van der Waals surface area contributed by atoms with Crippen LogP contribution in [0.25, 0.3) is 56.4 Å². The molecular formula is C56H55N3Si2. The molecule has 1 aliphatic carbocycles. The molecule has 0 aliphatic heterocycles. The van der Waals surface area contributed by atoms with Gasteiger partial charge in [0.2, 0.25) is 0 Å². The Morgan fingerprint density at radius 1 is 0.443 bits per heavy atom. The summed E-state index contributed by atoms with van der Waals surface area (Å²) in [6, 6.07) is 48.6. The second kappa shape index (κ2) is 15.2. The molecule has 9 rings (SSSR count). The zero-order valence-corrected chi connectivity index (χ0v) is 38.6. The fourth-order valence-electron chi connectivity index (χ4n) is 8.75. The summed E-state index contributed by atoms with van der Waals surface area (Å²) in [6.07, 6.45) is 0. The molecule has 0 amide bonds. The molecule has 0 spiro atoms. The Balaban J connectivity index is 1.24. The molecule has 0 saturated heterocycles. The first-order chi connectivity index (χ1) is 31.2. The van der Waals surface area contributed by atoms with E-state index in [1.54, 1.807) is 0 Å². The number of rotatable bonds is 8. The van der Waals surface area contributed by atoms with Crippen molar-refractivity contribution in [3.8, 4) is 56.4 Å². The van der Waals surface area contributed by atoms with Gasteiger partial charge in [-0.3, -0.25) is 0 Å². The van der Waals surface area contributed by atoms with E-state index in [9.17, 15) is 0 Å². The van der Waals surface area contributed by atoms with Gasteiger partial charge in [0.1, 0.15) is 0 Å². The highest BCUT2D eigenvalue weighted by atomic mass is 28.3. The number of fused-ring (bicyclic) bond motifs is 3. The summed E-state index contributed by atoms with van der Waals surface area (Å²) < 4.78 is 42.8. The molecule has 8 aromatic rings. The van der Waals surface area contributed by atoms with Gasteiger partial charge in [0, 0.05) is 16.7 Å². The Morgan fingerprint density at radius 2 is 0.934 bits per heavy atom. The Bertz CT molecular complexity index is 3100. The van der Waals surface area contributed by atoms with Gasteiger partial charge in [0.25, 0.3) is 0 Å². The predicted molar refractivity (Wildman–Crippen MR) is 264 cm³/mol. The van der Waals surface area contributed by atoms with Crippen molar-refractivity contribution in [2.24, 2.45) is 0 Å². The maximum Gasteiger partial charge on any atom is 0.164 e. The van der Waals surface area contributed by atoms with Crippen LogP contribution in [-0.4, -0.2) is 31.1 Å². The first-order valence-electron chi connectivity index (χ1n) is 23.7. The number of benzene rings is 7. The zero-order chi connectivity index (χ0) is 47.1. The fraction of sp³-hybridized carbons (Fsp3) is 0.196. The normalized spacial score (nSPS) is 14.6. The molecule has 0 atom stereocenters. The van der Waals surface area contributed by atoms with Gasteiger partial charge in [-0.05, 0) is 67.6 Å². The standard InChI is InChI=1S/C56H55N3Si2/c1-55(2,3)43-25-22-39(23-26-43)53-57-52(38-16-11-10-12-17-38)58-54(59-53)42-19-15-18-40(36-42)41-24-35-49-48-20-13-14-21-50(48)56(51(49)37-41,44-27-31-46(32-28-44)60(4,5)6)45-29-33-47(34-30-45)61(7,8)9/h10-37H,1-9H3/i10D,11D,12D,16D,17D. The molecule has 61 heavy (non-hydrogen) atoms. The van der Waals surface area contributed by atoms with Crippen molar-refractivity contribution in [2.75, 3.05) is 0 Å². The first-order valence-corrected chi connectivity index (χ1v) is 28.2. The van der Waals surface area contributed by atoms with E-state index in [0.717, 1.165) is 22.3 Å². The predicted octanol–water partition coefficient (Wildman–Crippen LogP) is 13.3.